The van der Waals surface area contributed by atoms with Crippen LogP contribution in [0.15, 0.2) is 30.3 Å². The molecular formula is C12H11Cl. The molecule has 2 aromatic carbocycles. The molecule has 0 aliphatic carbocycles. The normalized spacial score (nSPS) is 10.7. The molecule has 0 radical (unpaired) electrons. The minimum absolute atomic E-state index is 0.837. The van der Waals surface area contributed by atoms with Crippen molar-refractivity contribution in [3.8, 4) is 0 Å². The standard InChI is InChI=1S/C12H11Cl/c1-8-4-3-5-10-11(13)7-6-9(2)12(8)10/h3-7H,1-2H3. The molecule has 0 heterocycles. The lowest BCUT2D eigenvalue weighted by Gasteiger charge is -2.06. The summed E-state index contributed by atoms with van der Waals surface area (Å²) >= 11 is 6.10. The second-order valence-corrected chi connectivity index (χ2v) is 3.77. The SMILES string of the molecule is Cc1cccc2c(Cl)ccc(C)c12. The van der Waals surface area contributed by atoms with Gasteiger partial charge in [-0.3, -0.25) is 0 Å². The summed E-state index contributed by atoms with van der Waals surface area (Å²) in [6.07, 6.45) is 0. The minimum Gasteiger partial charge on any atom is -0.0837 e. The molecule has 0 unspecified atom stereocenters. The predicted molar refractivity (Wildman–Crippen MR) is 58.4 cm³/mol. The molecule has 2 rings (SSSR count). The Morgan fingerprint density at radius 3 is 2.31 bits per heavy atom. The molecule has 0 fully saturated rings. The van der Waals surface area contributed by atoms with Crippen LogP contribution in [0.25, 0.3) is 10.8 Å². The number of halogens is 1. The molecule has 0 N–H and O–H groups in total. The van der Waals surface area contributed by atoms with Crippen molar-refractivity contribution in [2.24, 2.45) is 0 Å². The van der Waals surface area contributed by atoms with Crippen molar-refractivity contribution in [2.75, 3.05) is 0 Å². The Balaban J connectivity index is 3.00. The summed E-state index contributed by atoms with van der Waals surface area (Å²) in [5.41, 5.74) is 2.58. The van der Waals surface area contributed by atoms with Crippen LogP contribution in [0.4, 0.5) is 0 Å². The number of aryl methyl sites for hydroxylation is 2. The fraction of sp³-hybridized carbons (Fsp3) is 0.167. The molecule has 2 aromatic rings. The van der Waals surface area contributed by atoms with Gasteiger partial charge < -0.3 is 0 Å². The van der Waals surface area contributed by atoms with Gasteiger partial charge in [-0.15, -0.1) is 0 Å². The van der Waals surface area contributed by atoms with Crippen molar-refractivity contribution in [2.45, 2.75) is 13.8 Å². The van der Waals surface area contributed by atoms with E-state index in [1.165, 1.54) is 16.5 Å². The zero-order chi connectivity index (χ0) is 9.42. The average Bonchev–Trinajstić information content (AvgIpc) is 2.12. The van der Waals surface area contributed by atoms with Gasteiger partial charge >= 0.3 is 0 Å². The van der Waals surface area contributed by atoms with Crippen molar-refractivity contribution in [3.05, 3.63) is 46.5 Å². The van der Waals surface area contributed by atoms with E-state index in [1.54, 1.807) is 0 Å². The number of benzene rings is 2. The molecule has 0 nitrogen and oxygen atoms in total. The Labute approximate surface area is 83.1 Å². The number of hydrogen-bond donors (Lipinski definition) is 0. The van der Waals surface area contributed by atoms with E-state index in [1.807, 2.05) is 12.1 Å². The van der Waals surface area contributed by atoms with Gasteiger partial charge in [-0.05, 0) is 36.4 Å². The van der Waals surface area contributed by atoms with Gasteiger partial charge in [0.15, 0.2) is 0 Å². The highest BCUT2D eigenvalue weighted by Gasteiger charge is 2.02. The molecule has 1 heteroatoms. The molecule has 0 amide bonds. The maximum atomic E-state index is 6.10. The Hall–Kier alpha value is -1.01. The van der Waals surface area contributed by atoms with Gasteiger partial charge in [0.25, 0.3) is 0 Å². The van der Waals surface area contributed by atoms with E-state index in [0.29, 0.717) is 0 Å². The van der Waals surface area contributed by atoms with Crippen LogP contribution in [0.3, 0.4) is 0 Å². The lowest BCUT2D eigenvalue weighted by atomic mass is 10.0. The summed E-state index contributed by atoms with van der Waals surface area (Å²) < 4.78 is 0. The number of hydrogen-bond acceptors (Lipinski definition) is 0. The van der Waals surface area contributed by atoms with Crippen molar-refractivity contribution < 1.29 is 0 Å². The van der Waals surface area contributed by atoms with Gasteiger partial charge in [0.1, 0.15) is 0 Å². The summed E-state index contributed by atoms with van der Waals surface area (Å²) in [6.45, 7) is 4.23. The van der Waals surface area contributed by atoms with Crippen LogP contribution in [-0.4, -0.2) is 0 Å². The summed E-state index contributed by atoms with van der Waals surface area (Å²) in [5, 5.41) is 3.28. The predicted octanol–water partition coefficient (Wildman–Crippen LogP) is 4.11. The molecule has 0 aliphatic heterocycles. The fourth-order valence-electron chi connectivity index (χ4n) is 1.76. The first kappa shape index (κ1) is 8.58. The first-order chi connectivity index (χ1) is 6.20. The van der Waals surface area contributed by atoms with Gasteiger partial charge in [-0.2, -0.15) is 0 Å². The second-order valence-electron chi connectivity index (χ2n) is 3.36. The van der Waals surface area contributed by atoms with E-state index in [0.717, 1.165) is 10.4 Å². The monoisotopic (exact) mass is 190 g/mol. The highest BCUT2D eigenvalue weighted by atomic mass is 35.5. The molecule has 0 atom stereocenters. The van der Waals surface area contributed by atoms with E-state index in [-0.39, 0.29) is 0 Å². The maximum absolute atomic E-state index is 6.10. The van der Waals surface area contributed by atoms with Crippen LogP contribution in [0, 0.1) is 13.8 Å². The van der Waals surface area contributed by atoms with Crippen LogP contribution in [0.2, 0.25) is 5.02 Å². The smallest absolute Gasteiger partial charge is 0.0484 e. The largest absolute Gasteiger partial charge is 0.0837 e. The molecule has 0 spiro atoms. The van der Waals surface area contributed by atoms with Crippen molar-refractivity contribution in [3.63, 3.8) is 0 Å². The van der Waals surface area contributed by atoms with Crippen LogP contribution in [0.1, 0.15) is 11.1 Å². The summed E-state index contributed by atoms with van der Waals surface area (Å²) in [4.78, 5) is 0. The summed E-state index contributed by atoms with van der Waals surface area (Å²) in [7, 11) is 0. The van der Waals surface area contributed by atoms with Gasteiger partial charge in [0.2, 0.25) is 0 Å². The lowest BCUT2D eigenvalue weighted by Crippen LogP contribution is -1.83. The third-order valence-corrected chi connectivity index (χ3v) is 2.73. The fourth-order valence-corrected chi connectivity index (χ4v) is 1.98. The Bertz CT molecular complexity index is 450. The van der Waals surface area contributed by atoms with E-state index in [9.17, 15) is 0 Å². The Morgan fingerprint density at radius 1 is 0.923 bits per heavy atom. The van der Waals surface area contributed by atoms with Gasteiger partial charge in [-0.25, -0.2) is 0 Å². The quantitative estimate of drug-likeness (QED) is 0.587. The van der Waals surface area contributed by atoms with E-state index in [2.05, 4.69) is 32.0 Å². The lowest BCUT2D eigenvalue weighted by molar-refractivity contribution is 1.46. The van der Waals surface area contributed by atoms with Gasteiger partial charge in [0, 0.05) is 10.4 Å². The first-order valence-corrected chi connectivity index (χ1v) is 4.72. The zero-order valence-electron chi connectivity index (χ0n) is 7.76. The van der Waals surface area contributed by atoms with Crippen molar-refractivity contribution in [1.82, 2.24) is 0 Å². The Kier molecular flexibility index (Phi) is 2.01. The van der Waals surface area contributed by atoms with Crippen molar-refractivity contribution in [1.29, 1.82) is 0 Å². The highest BCUT2D eigenvalue weighted by molar-refractivity contribution is 6.35. The van der Waals surface area contributed by atoms with Crippen LogP contribution < -0.4 is 0 Å². The second kappa shape index (κ2) is 3.04. The minimum atomic E-state index is 0.837. The van der Waals surface area contributed by atoms with Gasteiger partial charge in [-0.1, -0.05) is 35.9 Å². The zero-order valence-corrected chi connectivity index (χ0v) is 8.52. The molecule has 13 heavy (non-hydrogen) atoms. The van der Waals surface area contributed by atoms with E-state index < -0.39 is 0 Å². The summed E-state index contributed by atoms with van der Waals surface area (Å²) in [5.74, 6) is 0. The van der Waals surface area contributed by atoms with Crippen LogP contribution in [0.5, 0.6) is 0 Å². The molecular weight excluding hydrogens is 180 g/mol. The molecule has 66 valence electrons. The highest BCUT2D eigenvalue weighted by Crippen LogP contribution is 2.28. The molecule has 0 aromatic heterocycles. The topological polar surface area (TPSA) is 0 Å². The van der Waals surface area contributed by atoms with Crippen molar-refractivity contribution >= 4 is 22.4 Å². The van der Waals surface area contributed by atoms with E-state index in [4.69, 9.17) is 11.6 Å². The third-order valence-electron chi connectivity index (χ3n) is 2.40. The van der Waals surface area contributed by atoms with Crippen LogP contribution in [-0.2, 0) is 0 Å². The summed E-state index contributed by atoms with van der Waals surface area (Å²) in [6, 6.07) is 10.3. The Morgan fingerprint density at radius 2 is 1.62 bits per heavy atom. The molecule has 0 saturated carbocycles. The van der Waals surface area contributed by atoms with Crippen LogP contribution >= 0.6 is 11.6 Å². The average molecular weight is 191 g/mol. The van der Waals surface area contributed by atoms with Gasteiger partial charge in [0.05, 0.1) is 0 Å². The van der Waals surface area contributed by atoms with E-state index >= 15 is 0 Å². The molecule has 0 aliphatic rings. The maximum Gasteiger partial charge on any atom is 0.0484 e. The number of rotatable bonds is 0. The number of fused-ring (bicyclic) bond motifs is 1. The third kappa shape index (κ3) is 1.31. The molecule has 0 saturated heterocycles. The first-order valence-electron chi connectivity index (χ1n) is 4.34. The molecule has 0 bridgehead atoms.